The number of methoxy groups -OCH3 is 2. The zero-order valence-electron chi connectivity index (χ0n) is 14.6. The van der Waals surface area contributed by atoms with Crippen molar-refractivity contribution in [3.63, 3.8) is 0 Å². The summed E-state index contributed by atoms with van der Waals surface area (Å²) in [4.78, 5) is 14.9. The number of piperidine rings is 1. The third-order valence-electron chi connectivity index (χ3n) is 4.35. The SMILES string of the molecule is COc1cccc(OC)c1C(=O)N1CCCC(Oc2ccccc2)C1. The highest BCUT2D eigenvalue weighted by atomic mass is 16.5. The molecule has 2 aromatic rings. The highest BCUT2D eigenvalue weighted by Gasteiger charge is 2.29. The Bertz CT molecular complexity index is 695. The fourth-order valence-electron chi connectivity index (χ4n) is 3.13. The van der Waals surface area contributed by atoms with Crippen LogP contribution in [0.1, 0.15) is 23.2 Å². The smallest absolute Gasteiger partial charge is 0.261 e. The summed E-state index contributed by atoms with van der Waals surface area (Å²) in [6.07, 6.45) is 1.82. The first-order valence-corrected chi connectivity index (χ1v) is 8.45. The summed E-state index contributed by atoms with van der Waals surface area (Å²) in [7, 11) is 3.12. The molecule has 1 unspecified atom stereocenters. The Morgan fingerprint density at radius 1 is 1.00 bits per heavy atom. The minimum atomic E-state index is -0.0874. The average Bonchev–Trinajstić information content (AvgIpc) is 2.67. The molecule has 3 rings (SSSR count). The zero-order chi connectivity index (χ0) is 17.6. The van der Waals surface area contributed by atoms with E-state index in [-0.39, 0.29) is 12.0 Å². The Hall–Kier alpha value is -2.69. The number of rotatable bonds is 5. The molecule has 0 aliphatic carbocycles. The van der Waals surface area contributed by atoms with Crippen LogP contribution in [0.5, 0.6) is 17.2 Å². The lowest BCUT2D eigenvalue weighted by molar-refractivity contribution is 0.0532. The van der Waals surface area contributed by atoms with Crippen LogP contribution in [-0.2, 0) is 0 Å². The Labute approximate surface area is 148 Å². The van der Waals surface area contributed by atoms with E-state index < -0.39 is 0 Å². The first kappa shape index (κ1) is 17.1. The number of carbonyl (C=O) groups excluding carboxylic acids is 1. The van der Waals surface area contributed by atoms with Gasteiger partial charge in [-0.3, -0.25) is 4.79 Å². The van der Waals surface area contributed by atoms with Gasteiger partial charge in [-0.25, -0.2) is 0 Å². The normalized spacial score (nSPS) is 17.0. The number of hydrogen-bond donors (Lipinski definition) is 0. The Morgan fingerprint density at radius 2 is 1.68 bits per heavy atom. The van der Waals surface area contributed by atoms with Crippen molar-refractivity contribution >= 4 is 5.91 Å². The van der Waals surface area contributed by atoms with Gasteiger partial charge in [-0.2, -0.15) is 0 Å². The molecular formula is C20H23NO4. The molecule has 1 amide bonds. The molecule has 5 nitrogen and oxygen atoms in total. The van der Waals surface area contributed by atoms with Crippen molar-refractivity contribution in [2.75, 3.05) is 27.3 Å². The Balaban J connectivity index is 1.76. The first-order chi connectivity index (χ1) is 12.2. The number of likely N-dealkylation sites (tertiary alicyclic amines) is 1. The van der Waals surface area contributed by atoms with Crippen LogP contribution in [0.3, 0.4) is 0 Å². The number of benzene rings is 2. The maximum Gasteiger partial charge on any atom is 0.261 e. The minimum absolute atomic E-state index is 0.0131. The molecule has 1 atom stereocenters. The topological polar surface area (TPSA) is 48.0 Å². The van der Waals surface area contributed by atoms with E-state index in [0.717, 1.165) is 18.6 Å². The number of ether oxygens (including phenoxy) is 3. The Morgan fingerprint density at radius 3 is 2.32 bits per heavy atom. The van der Waals surface area contributed by atoms with Crippen LogP contribution in [0.4, 0.5) is 0 Å². The van der Waals surface area contributed by atoms with E-state index in [2.05, 4.69) is 0 Å². The quantitative estimate of drug-likeness (QED) is 0.836. The van der Waals surface area contributed by atoms with Crippen LogP contribution in [0.2, 0.25) is 0 Å². The maximum absolute atomic E-state index is 13.1. The summed E-state index contributed by atoms with van der Waals surface area (Å²) < 4.78 is 16.8. The molecule has 1 aliphatic heterocycles. The van der Waals surface area contributed by atoms with Crippen molar-refractivity contribution in [3.8, 4) is 17.2 Å². The molecule has 0 bridgehead atoms. The van der Waals surface area contributed by atoms with Crippen molar-refractivity contribution in [2.24, 2.45) is 0 Å². The summed E-state index contributed by atoms with van der Waals surface area (Å²) >= 11 is 0. The molecule has 0 radical (unpaired) electrons. The maximum atomic E-state index is 13.1. The third-order valence-corrected chi connectivity index (χ3v) is 4.35. The van der Waals surface area contributed by atoms with Crippen molar-refractivity contribution in [3.05, 3.63) is 54.1 Å². The van der Waals surface area contributed by atoms with Crippen LogP contribution in [-0.4, -0.2) is 44.2 Å². The van der Waals surface area contributed by atoms with Gasteiger partial charge in [0.25, 0.3) is 5.91 Å². The van der Waals surface area contributed by atoms with Crippen LogP contribution in [0.15, 0.2) is 48.5 Å². The predicted octanol–water partition coefficient (Wildman–Crippen LogP) is 3.39. The molecule has 0 N–H and O–H groups in total. The lowest BCUT2D eigenvalue weighted by Gasteiger charge is -2.33. The second-order valence-electron chi connectivity index (χ2n) is 5.98. The summed E-state index contributed by atoms with van der Waals surface area (Å²) in [5, 5.41) is 0. The van der Waals surface area contributed by atoms with Crippen molar-refractivity contribution < 1.29 is 19.0 Å². The highest BCUT2D eigenvalue weighted by molar-refractivity contribution is 5.99. The van der Waals surface area contributed by atoms with Crippen molar-refractivity contribution in [1.29, 1.82) is 0 Å². The molecule has 0 saturated carbocycles. The molecular weight excluding hydrogens is 318 g/mol. The fourth-order valence-corrected chi connectivity index (χ4v) is 3.13. The fraction of sp³-hybridized carbons (Fsp3) is 0.350. The number of amides is 1. The molecule has 132 valence electrons. The Kier molecular flexibility index (Phi) is 5.43. The molecule has 25 heavy (non-hydrogen) atoms. The second kappa shape index (κ2) is 7.92. The van der Waals surface area contributed by atoms with Gasteiger partial charge < -0.3 is 19.1 Å². The van der Waals surface area contributed by atoms with Crippen molar-refractivity contribution in [1.82, 2.24) is 4.90 Å². The molecule has 2 aromatic carbocycles. The molecule has 1 saturated heterocycles. The van der Waals surface area contributed by atoms with Gasteiger partial charge in [-0.1, -0.05) is 24.3 Å². The largest absolute Gasteiger partial charge is 0.496 e. The first-order valence-electron chi connectivity index (χ1n) is 8.45. The molecule has 5 heteroatoms. The van der Waals surface area contributed by atoms with Gasteiger partial charge >= 0.3 is 0 Å². The van der Waals surface area contributed by atoms with E-state index in [1.807, 2.05) is 41.3 Å². The number of nitrogens with zero attached hydrogens (tertiary/aromatic N) is 1. The van der Waals surface area contributed by atoms with Crippen LogP contribution < -0.4 is 14.2 Å². The summed E-state index contributed by atoms with van der Waals surface area (Å²) in [5.41, 5.74) is 0.466. The standard InChI is InChI=1S/C20H23NO4/c1-23-17-11-6-12-18(24-2)19(17)20(22)21-13-7-10-16(14-21)25-15-8-4-3-5-9-15/h3-6,8-9,11-12,16H,7,10,13-14H2,1-2H3. The van der Waals surface area contributed by atoms with Crippen LogP contribution in [0, 0.1) is 0 Å². The van der Waals surface area contributed by atoms with Gasteiger partial charge in [0.15, 0.2) is 0 Å². The van der Waals surface area contributed by atoms with E-state index in [1.165, 1.54) is 0 Å². The van der Waals surface area contributed by atoms with E-state index >= 15 is 0 Å². The van der Waals surface area contributed by atoms with E-state index in [4.69, 9.17) is 14.2 Å². The molecule has 1 heterocycles. The van der Waals surface area contributed by atoms with Gasteiger partial charge in [0, 0.05) is 6.54 Å². The summed E-state index contributed by atoms with van der Waals surface area (Å²) in [5.74, 6) is 1.79. The van der Waals surface area contributed by atoms with Crippen molar-refractivity contribution in [2.45, 2.75) is 18.9 Å². The molecule has 1 aliphatic rings. The number of carbonyl (C=O) groups is 1. The monoisotopic (exact) mass is 341 g/mol. The second-order valence-corrected chi connectivity index (χ2v) is 5.98. The number of para-hydroxylation sites is 1. The lowest BCUT2D eigenvalue weighted by Crippen LogP contribution is -2.44. The zero-order valence-corrected chi connectivity index (χ0v) is 14.6. The summed E-state index contributed by atoms with van der Waals surface area (Å²) in [6, 6.07) is 15.1. The third kappa shape index (κ3) is 3.87. The molecule has 1 fully saturated rings. The van der Waals surface area contributed by atoms with Gasteiger partial charge in [-0.05, 0) is 37.1 Å². The van der Waals surface area contributed by atoms with Gasteiger partial charge in [0.2, 0.25) is 0 Å². The predicted molar refractivity (Wildman–Crippen MR) is 95.5 cm³/mol. The minimum Gasteiger partial charge on any atom is -0.496 e. The highest BCUT2D eigenvalue weighted by Crippen LogP contribution is 2.30. The number of hydrogen-bond acceptors (Lipinski definition) is 4. The molecule has 0 aromatic heterocycles. The average molecular weight is 341 g/mol. The van der Waals surface area contributed by atoms with Gasteiger partial charge in [0.05, 0.1) is 20.8 Å². The van der Waals surface area contributed by atoms with Gasteiger partial charge in [0.1, 0.15) is 28.9 Å². The summed E-state index contributed by atoms with van der Waals surface area (Å²) in [6.45, 7) is 1.25. The van der Waals surface area contributed by atoms with Crippen LogP contribution in [0.25, 0.3) is 0 Å². The van der Waals surface area contributed by atoms with E-state index in [9.17, 15) is 4.79 Å². The van der Waals surface area contributed by atoms with E-state index in [1.54, 1.807) is 26.4 Å². The lowest BCUT2D eigenvalue weighted by atomic mass is 10.1. The van der Waals surface area contributed by atoms with Gasteiger partial charge in [-0.15, -0.1) is 0 Å². The van der Waals surface area contributed by atoms with Crippen LogP contribution >= 0.6 is 0 Å². The van der Waals surface area contributed by atoms with E-state index in [0.29, 0.717) is 30.2 Å². The molecule has 0 spiro atoms.